The fourth-order valence-electron chi connectivity index (χ4n) is 1.84. The minimum Gasteiger partial charge on any atom is -0.363 e. The largest absolute Gasteiger partial charge is 0.363 e. The molecule has 3 heteroatoms. The summed E-state index contributed by atoms with van der Waals surface area (Å²) in [6.07, 6.45) is 10.8. The normalized spacial score (nSPS) is 29.1. The lowest BCUT2D eigenvalue weighted by Gasteiger charge is -2.31. The number of allylic oxidation sites excluding steroid dienone is 2. The fraction of sp³-hybridized carbons (Fsp3) is 0.636. The highest BCUT2D eigenvalue weighted by molar-refractivity contribution is 5.09. The van der Waals surface area contributed by atoms with Crippen LogP contribution in [0.15, 0.2) is 24.4 Å². The Morgan fingerprint density at radius 2 is 2.07 bits per heavy atom. The molecule has 1 atom stereocenters. The maximum Gasteiger partial charge on any atom is 0.147 e. The van der Waals surface area contributed by atoms with Gasteiger partial charge in [-0.1, -0.05) is 6.08 Å². The summed E-state index contributed by atoms with van der Waals surface area (Å²) in [6, 6.07) is 0. The van der Waals surface area contributed by atoms with Gasteiger partial charge in [-0.25, -0.2) is 0 Å². The Morgan fingerprint density at radius 3 is 2.71 bits per heavy atom. The highest BCUT2D eigenvalue weighted by atomic mass is 16.5. The highest BCUT2D eigenvalue weighted by Gasteiger charge is 2.19. The summed E-state index contributed by atoms with van der Waals surface area (Å²) in [7, 11) is 2.16. The number of nitrogens with one attached hydrogen (secondary N) is 1. The SMILES string of the molecule is CN1CCC(OC2C=CC=CN2)CC1. The van der Waals surface area contributed by atoms with Crippen LogP contribution in [0.5, 0.6) is 0 Å². The van der Waals surface area contributed by atoms with E-state index in [4.69, 9.17) is 4.74 Å². The molecule has 0 radical (unpaired) electrons. The topological polar surface area (TPSA) is 24.5 Å². The Labute approximate surface area is 85.4 Å². The van der Waals surface area contributed by atoms with Crippen molar-refractivity contribution in [3.8, 4) is 0 Å². The van der Waals surface area contributed by atoms with Crippen molar-refractivity contribution in [2.24, 2.45) is 0 Å². The zero-order valence-electron chi connectivity index (χ0n) is 8.65. The van der Waals surface area contributed by atoms with E-state index in [1.807, 2.05) is 18.4 Å². The van der Waals surface area contributed by atoms with Gasteiger partial charge in [0.1, 0.15) is 6.23 Å². The van der Waals surface area contributed by atoms with Crippen LogP contribution in [0.1, 0.15) is 12.8 Å². The van der Waals surface area contributed by atoms with Gasteiger partial charge < -0.3 is 15.0 Å². The van der Waals surface area contributed by atoms with Crippen LogP contribution in [-0.2, 0) is 4.74 Å². The van der Waals surface area contributed by atoms with Crippen molar-refractivity contribution in [3.63, 3.8) is 0 Å². The van der Waals surface area contributed by atoms with Crippen LogP contribution in [0.2, 0.25) is 0 Å². The predicted octanol–water partition coefficient (Wildman–Crippen LogP) is 1.10. The third kappa shape index (κ3) is 2.59. The molecule has 2 rings (SSSR count). The molecule has 1 N–H and O–H groups in total. The number of likely N-dealkylation sites (tertiary alicyclic amines) is 1. The summed E-state index contributed by atoms with van der Waals surface area (Å²) < 4.78 is 5.90. The van der Waals surface area contributed by atoms with Gasteiger partial charge in [-0.15, -0.1) is 0 Å². The molecular weight excluding hydrogens is 176 g/mol. The molecule has 0 aromatic rings. The van der Waals surface area contributed by atoms with Crippen molar-refractivity contribution in [1.29, 1.82) is 0 Å². The average molecular weight is 194 g/mol. The lowest BCUT2D eigenvalue weighted by molar-refractivity contribution is -0.0274. The maximum atomic E-state index is 5.90. The van der Waals surface area contributed by atoms with Crippen molar-refractivity contribution < 1.29 is 4.74 Å². The van der Waals surface area contributed by atoms with E-state index in [1.54, 1.807) is 0 Å². The summed E-state index contributed by atoms with van der Waals surface area (Å²) >= 11 is 0. The van der Waals surface area contributed by atoms with Crippen molar-refractivity contribution in [3.05, 3.63) is 24.4 Å². The highest BCUT2D eigenvalue weighted by Crippen LogP contribution is 2.14. The molecule has 0 amide bonds. The third-order valence-corrected chi connectivity index (χ3v) is 2.76. The fourth-order valence-corrected chi connectivity index (χ4v) is 1.84. The summed E-state index contributed by atoms with van der Waals surface area (Å²) in [5.41, 5.74) is 0. The van der Waals surface area contributed by atoms with E-state index in [0.717, 1.165) is 25.9 Å². The van der Waals surface area contributed by atoms with Gasteiger partial charge in [0.05, 0.1) is 6.10 Å². The lowest BCUT2D eigenvalue weighted by Crippen LogP contribution is -2.38. The average Bonchev–Trinajstić information content (AvgIpc) is 2.23. The summed E-state index contributed by atoms with van der Waals surface area (Å²) in [6.45, 7) is 2.30. The molecule has 0 bridgehead atoms. The van der Waals surface area contributed by atoms with E-state index in [-0.39, 0.29) is 6.23 Å². The Hall–Kier alpha value is -0.800. The van der Waals surface area contributed by atoms with Crippen LogP contribution in [0, 0.1) is 0 Å². The van der Waals surface area contributed by atoms with E-state index in [9.17, 15) is 0 Å². The van der Waals surface area contributed by atoms with Gasteiger partial charge in [-0.05, 0) is 38.2 Å². The Balaban J connectivity index is 1.75. The first-order chi connectivity index (χ1) is 6.84. The summed E-state index contributed by atoms with van der Waals surface area (Å²) in [4.78, 5) is 2.35. The van der Waals surface area contributed by atoms with Crippen molar-refractivity contribution >= 4 is 0 Å². The van der Waals surface area contributed by atoms with Crippen LogP contribution in [0.3, 0.4) is 0 Å². The molecule has 0 spiro atoms. The molecule has 0 aromatic carbocycles. The molecule has 0 saturated carbocycles. The third-order valence-electron chi connectivity index (χ3n) is 2.76. The quantitative estimate of drug-likeness (QED) is 0.712. The molecule has 78 valence electrons. The smallest absolute Gasteiger partial charge is 0.147 e. The molecule has 2 aliphatic heterocycles. The van der Waals surface area contributed by atoms with Crippen molar-refractivity contribution in [2.45, 2.75) is 25.2 Å². The Morgan fingerprint density at radius 1 is 1.29 bits per heavy atom. The van der Waals surface area contributed by atoms with Gasteiger partial charge in [0, 0.05) is 13.1 Å². The number of hydrogen-bond acceptors (Lipinski definition) is 3. The van der Waals surface area contributed by atoms with Crippen molar-refractivity contribution in [1.82, 2.24) is 10.2 Å². The van der Waals surface area contributed by atoms with Crippen LogP contribution in [0.25, 0.3) is 0 Å². The van der Waals surface area contributed by atoms with Gasteiger partial charge >= 0.3 is 0 Å². The van der Waals surface area contributed by atoms with E-state index in [2.05, 4.69) is 23.3 Å². The molecule has 1 fully saturated rings. The van der Waals surface area contributed by atoms with Crippen LogP contribution >= 0.6 is 0 Å². The second kappa shape index (κ2) is 4.62. The van der Waals surface area contributed by atoms with Crippen molar-refractivity contribution in [2.75, 3.05) is 20.1 Å². The number of hydrogen-bond donors (Lipinski definition) is 1. The number of rotatable bonds is 2. The maximum absolute atomic E-state index is 5.90. The molecule has 14 heavy (non-hydrogen) atoms. The standard InChI is InChI=1S/C11H18N2O/c1-13-8-5-10(6-9-13)14-11-4-2-3-7-12-11/h2-4,7,10-12H,5-6,8-9H2,1H3. The minimum absolute atomic E-state index is 0.0772. The lowest BCUT2D eigenvalue weighted by atomic mass is 10.1. The number of nitrogens with zero attached hydrogens (tertiary/aromatic N) is 1. The van der Waals surface area contributed by atoms with E-state index < -0.39 is 0 Å². The monoisotopic (exact) mass is 194 g/mol. The molecule has 1 unspecified atom stereocenters. The zero-order chi connectivity index (χ0) is 9.80. The van der Waals surface area contributed by atoms with E-state index in [0.29, 0.717) is 6.10 Å². The number of ether oxygens (including phenoxy) is 1. The molecule has 0 aliphatic carbocycles. The molecule has 1 saturated heterocycles. The van der Waals surface area contributed by atoms with Crippen LogP contribution in [0.4, 0.5) is 0 Å². The summed E-state index contributed by atoms with van der Waals surface area (Å²) in [5, 5.41) is 3.17. The molecule has 2 aliphatic rings. The van der Waals surface area contributed by atoms with Crippen LogP contribution < -0.4 is 5.32 Å². The van der Waals surface area contributed by atoms with Gasteiger partial charge in [-0.3, -0.25) is 0 Å². The first-order valence-electron chi connectivity index (χ1n) is 5.28. The van der Waals surface area contributed by atoms with Gasteiger partial charge in [-0.2, -0.15) is 0 Å². The first-order valence-corrected chi connectivity index (χ1v) is 5.28. The van der Waals surface area contributed by atoms with Gasteiger partial charge in [0.25, 0.3) is 0 Å². The molecular formula is C11H18N2O. The first kappa shape index (κ1) is 9.74. The Kier molecular flexibility index (Phi) is 3.22. The number of piperidine rings is 1. The second-order valence-electron chi connectivity index (χ2n) is 3.97. The minimum atomic E-state index is 0.0772. The molecule has 0 aromatic heterocycles. The Bertz CT molecular complexity index is 229. The molecule has 3 nitrogen and oxygen atoms in total. The zero-order valence-corrected chi connectivity index (χ0v) is 8.65. The van der Waals surface area contributed by atoms with Gasteiger partial charge in [0.15, 0.2) is 0 Å². The molecule has 2 heterocycles. The van der Waals surface area contributed by atoms with E-state index in [1.165, 1.54) is 0 Å². The summed E-state index contributed by atoms with van der Waals surface area (Å²) in [5.74, 6) is 0. The predicted molar refractivity (Wildman–Crippen MR) is 56.8 cm³/mol. The number of dihydropyridines is 1. The van der Waals surface area contributed by atoms with Crippen LogP contribution in [-0.4, -0.2) is 37.4 Å². The second-order valence-corrected chi connectivity index (χ2v) is 3.97. The van der Waals surface area contributed by atoms with Gasteiger partial charge in [0.2, 0.25) is 0 Å². The van der Waals surface area contributed by atoms with E-state index >= 15 is 0 Å².